The van der Waals surface area contributed by atoms with E-state index in [4.69, 9.17) is 14.7 Å². The van der Waals surface area contributed by atoms with Gasteiger partial charge in [-0.2, -0.15) is 5.26 Å². The molecule has 0 radical (unpaired) electrons. The minimum atomic E-state index is -0.220. The van der Waals surface area contributed by atoms with Crippen LogP contribution in [0.4, 0.5) is 0 Å². The van der Waals surface area contributed by atoms with Crippen molar-refractivity contribution >= 4 is 5.91 Å². The highest BCUT2D eigenvalue weighted by Gasteiger charge is 2.13. The lowest BCUT2D eigenvalue weighted by Gasteiger charge is -2.06. The Bertz CT molecular complexity index is 719. The number of nitriles is 1. The second-order valence-electron chi connectivity index (χ2n) is 4.34. The Balaban J connectivity index is 1.55. The third-order valence-electron chi connectivity index (χ3n) is 2.87. The highest BCUT2D eigenvalue weighted by Crippen LogP contribution is 2.32. The molecule has 2 heterocycles. The Hall–Kier alpha value is -3.08. The third-order valence-corrected chi connectivity index (χ3v) is 2.87. The number of amides is 1. The molecule has 1 N–H and O–H groups in total. The fourth-order valence-electron chi connectivity index (χ4n) is 1.88. The highest BCUT2D eigenvalue weighted by atomic mass is 16.7. The van der Waals surface area contributed by atoms with Crippen molar-refractivity contribution in [1.29, 1.82) is 5.26 Å². The second kappa shape index (κ2) is 5.50. The molecule has 8 heteroatoms. The van der Waals surface area contributed by atoms with E-state index in [0.717, 1.165) is 5.56 Å². The molecule has 106 valence electrons. The minimum Gasteiger partial charge on any atom is -0.454 e. The maximum absolute atomic E-state index is 11.8. The zero-order chi connectivity index (χ0) is 14.7. The van der Waals surface area contributed by atoms with E-state index in [0.29, 0.717) is 18.0 Å². The van der Waals surface area contributed by atoms with Crippen molar-refractivity contribution in [2.45, 2.75) is 13.1 Å². The lowest BCUT2D eigenvalue weighted by Crippen LogP contribution is -2.27. The molecular formula is C13H11N5O3. The lowest BCUT2D eigenvalue weighted by atomic mass is 10.2. The molecule has 0 saturated carbocycles. The van der Waals surface area contributed by atoms with E-state index in [1.54, 1.807) is 12.1 Å². The van der Waals surface area contributed by atoms with E-state index in [-0.39, 0.29) is 25.1 Å². The number of hydrogen-bond acceptors (Lipinski definition) is 6. The number of benzene rings is 1. The number of carbonyl (C=O) groups excluding carboxylic acids is 1. The molecule has 0 aliphatic carbocycles. The number of aromatic nitrogens is 3. The van der Waals surface area contributed by atoms with Crippen molar-refractivity contribution in [2.24, 2.45) is 0 Å². The standard InChI is InChI=1S/C13H11N5O3/c14-4-12-16-7-18(17-12)6-13(19)15-5-9-1-2-10-11(3-9)21-8-20-10/h1-3,7H,5-6,8H2,(H,15,19). The first-order chi connectivity index (χ1) is 10.2. The fraction of sp³-hybridized carbons (Fsp3) is 0.231. The molecule has 3 rings (SSSR count). The number of hydrogen-bond donors (Lipinski definition) is 1. The van der Waals surface area contributed by atoms with Crippen molar-refractivity contribution in [3.8, 4) is 17.6 Å². The molecule has 1 aliphatic heterocycles. The van der Waals surface area contributed by atoms with Crippen molar-refractivity contribution in [2.75, 3.05) is 6.79 Å². The van der Waals surface area contributed by atoms with Crippen LogP contribution in [0.15, 0.2) is 24.5 Å². The van der Waals surface area contributed by atoms with Gasteiger partial charge in [0.15, 0.2) is 11.5 Å². The Morgan fingerprint density at radius 2 is 2.29 bits per heavy atom. The van der Waals surface area contributed by atoms with E-state index in [1.165, 1.54) is 11.0 Å². The van der Waals surface area contributed by atoms with Crippen LogP contribution in [-0.2, 0) is 17.9 Å². The van der Waals surface area contributed by atoms with E-state index >= 15 is 0 Å². The average Bonchev–Trinajstić information content (AvgIpc) is 3.13. The molecule has 1 aliphatic rings. The zero-order valence-electron chi connectivity index (χ0n) is 10.9. The summed E-state index contributed by atoms with van der Waals surface area (Å²) in [4.78, 5) is 15.5. The van der Waals surface area contributed by atoms with Gasteiger partial charge >= 0.3 is 0 Å². The summed E-state index contributed by atoms with van der Waals surface area (Å²) in [6.07, 6.45) is 1.35. The molecule has 8 nitrogen and oxygen atoms in total. The smallest absolute Gasteiger partial charge is 0.252 e. The highest BCUT2D eigenvalue weighted by molar-refractivity contribution is 5.75. The van der Waals surface area contributed by atoms with Crippen LogP contribution in [0.25, 0.3) is 0 Å². The molecule has 0 fully saturated rings. The van der Waals surface area contributed by atoms with Gasteiger partial charge in [-0.15, -0.1) is 5.10 Å². The molecule has 0 unspecified atom stereocenters. The van der Waals surface area contributed by atoms with Gasteiger partial charge in [-0.25, -0.2) is 9.67 Å². The molecule has 0 saturated heterocycles. The Morgan fingerprint density at radius 3 is 3.10 bits per heavy atom. The molecule has 1 aromatic carbocycles. The lowest BCUT2D eigenvalue weighted by molar-refractivity contribution is -0.122. The van der Waals surface area contributed by atoms with Crippen molar-refractivity contribution in [3.05, 3.63) is 35.9 Å². The SMILES string of the molecule is N#Cc1ncn(CC(=O)NCc2ccc3c(c2)OCO3)n1. The molecule has 0 atom stereocenters. The quantitative estimate of drug-likeness (QED) is 0.860. The molecular weight excluding hydrogens is 274 g/mol. The second-order valence-corrected chi connectivity index (χ2v) is 4.34. The van der Waals surface area contributed by atoms with E-state index < -0.39 is 0 Å². The molecule has 1 aromatic heterocycles. The third kappa shape index (κ3) is 2.92. The van der Waals surface area contributed by atoms with Gasteiger partial charge in [0.05, 0.1) is 0 Å². The zero-order valence-corrected chi connectivity index (χ0v) is 10.9. The summed E-state index contributed by atoms with van der Waals surface area (Å²) < 4.78 is 11.8. The van der Waals surface area contributed by atoms with Gasteiger partial charge in [0.2, 0.25) is 12.7 Å². The summed E-state index contributed by atoms with van der Waals surface area (Å²) in [5.41, 5.74) is 0.906. The summed E-state index contributed by atoms with van der Waals surface area (Å²) >= 11 is 0. The molecule has 21 heavy (non-hydrogen) atoms. The maximum Gasteiger partial charge on any atom is 0.252 e. The summed E-state index contributed by atoms with van der Waals surface area (Å²) in [6.45, 7) is 0.604. The molecule has 0 spiro atoms. The average molecular weight is 285 g/mol. The predicted octanol–water partition coefficient (Wildman–Crippen LogP) is 0.195. The van der Waals surface area contributed by atoms with Crippen LogP contribution in [-0.4, -0.2) is 27.5 Å². The van der Waals surface area contributed by atoms with Crippen molar-refractivity contribution < 1.29 is 14.3 Å². The van der Waals surface area contributed by atoms with Crippen LogP contribution >= 0.6 is 0 Å². The van der Waals surface area contributed by atoms with Crippen LogP contribution in [0.1, 0.15) is 11.4 Å². The van der Waals surface area contributed by atoms with Crippen LogP contribution < -0.4 is 14.8 Å². The summed E-state index contributed by atoms with van der Waals surface area (Å²) in [5.74, 6) is 1.20. The maximum atomic E-state index is 11.8. The first-order valence-corrected chi connectivity index (χ1v) is 6.19. The molecule has 1 amide bonds. The number of fused-ring (bicyclic) bond motifs is 1. The predicted molar refractivity (Wildman–Crippen MR) is 69.1 cm³/mol. The van der Waals surface area contributed by atoms with Crippen molar-refractivity contribution in [3.63, 3.8) is 0 Å². The fourth-order valence-corrected chi connectivity index (χ4v) is 1.88. The van der Waals surface area contributed by atoms with Crippen LogP contribution in [0.3, 0.4) is 0 Å². The van der Waals surface area contributed by atoms with Crippen molar-refractivity contribution in [1.82, 2.24) is 20.1 Å². The Morgan fingerprint density at radius 1 is 1.43 bits per heavy atom. The summed E-state index contributed by atoms with van der Waals surface area (Å²) in [6, 6.07) is 7.29. The van der Waals surface area contributed by atoms with Gasteiger partial charge in [-0.05, 0) is 17.7 Å². The van der Waals surface area contributed by atoms with Crippen LogP contribution in [0.2, 0.25) is 0 Å². The van der Waals surface area contributed by atoms with Gasteiger partial charge in [-0.1, -0.05) is 6.07 Å². The van der Waals surface area contributed by atoms with Gasteiger partial charge in [0.25, 0.3) is 5.82 Å². The number of rotatable bonds is 4. The largest absolute Gasteiger partial charge is 0.454 e. The van der Waals surface area contributed by atoms with E-state index in [2.05, 4.69) is 15.4 Å². The minimum absolute atomic E-state index is 0.0131. The Kier molecular flexibility index (Phi) is 3.39. The summed E-state index contributed by atoms with van der Waals surface area (Å²) in [7, 11) is 0. The monoisotopic (exact) mass is 285 g/mol. The number of nitrogens with zero attached hydrogens (tertiary/aromatic N) is 4. The summed E-state index contributed by atoms with van der Waals surface area (Å²) in [5, 5.41) is 15.2. The van der Waals surface area contributed by atoms with Gasteiger partial charge < -0.3 is 14.8 Å². The first-order valence-electron chi connectivity index (χ1n) is 6.19. The number of ether oxygens (including phenoxy) is 2. The van der Waals surface area contributed by atoms with Crippen LogP contribution in [0, 0.1) is 11.3 Å². The van der Waals surface area contributed by atoms with E-state index in [9.17, 15) is 4.79 Å². The topological polar surface area (TPSA) is 102 Å². The molecule has 0 bridgehead atoms. The normalized spacial score (nSPS) is 12.0. The molecule has 2 aromatic rings. The van der Waals surface area contributed by atoms with Gasteiger partial charge in [0, 0.05) is 6.54 Å². The Labute approximate surface area is 119 Å². The first kappa shape index (κ1) is 12.9. The van der Waals surface area contributed by atoms with Crippen LogP contribution in [0.5, 0.6) is 11.5 Å². The number of carbonyl (C=O) groups is 1. The van der Waals surface area contributed by atoms with Gasteiger partial charge in [0.1, 0.15) is 18.9 Å². The van der Waals surface area contributed by atoms with Gasteiger partial charge in [-0.3, -0.25) is 4.79 Å². The van der Waals surface area contributed by atoms with E-state index in [1.807, 2.05) is 12.1 Å². The number of nitrogens with one attached hydrogen (secondary N) is 1.